The Balaban J connectivity index is 2.04. The van der Waals surface area contributed by atoms with Gasteiger partial charge in [0.1, 0.15) is 0 Å². The highest BCUT2D eigenvalue weighted by atomic mass is 32.1. The molecule has 1 heterocycles. The summed E-state index contributed by atoms with van der Waals surface area (Å²) in [6.45, 7) is 4.45. The molecule has 0 fully saturated rings. The Morgan fingerprint density at radius 2 is 2.00 bits per heavy atom. The van der Waals surface area contributed by atoms with Gasteiger partial charge in [-0.1, -0.05) is 29.8 Å². The van der Waals surface area contributed by atoms with Crippen molar-refractivity contribution in [3.05, 3.63) is 46.0 Å². The molecule has 1 aromatic carbocycles. The van der Waals surface area contributed by atoms with Crippen molar-refractivity contribution >= 4 is 22.4 Å². The molecular formula is C13H14N2O2S. The zero-order valence-electron chi connectivity index (χ0n) is 10.2. The first-order valence-electron chi connectivity index (χ1n) is 5.56. The first kappa shape index (κ1) is 12.6. The van der Waals surface area contributed by atoms with Gasteiger partial charge in [0.2, 0.25) is 0 Å². The van der Waals surface area contributed by atoms with Crippen LogP contribution in [-0.4, -0.2) is 16.1 Å². The van der Waals surface area contributed by atoms with Crippen molar-refractivity contribution in [2.75, 3.05) is 5.32 Å². The predicted molar refractivity (Wildman–Crippen MR) is 72.3 cm³/mol. The lowest BCUT2D eigenvalue weighted by Gasteiger charge is -2.02. The second-order valence-corrected chi connectivity index (χ2v) is 5.27. The summed E-state index contributed by atoms with van der Waals surface area (Å²) in [7, 11) is 0. The van der Waals surface area contributed by atoms with Crippen LogP contribution in [0.25, 0.3) is 0 Å². The zero-order valence-corrected chi connectivity index (χ0v) is 11.0. The van der Waals surface area contributed by atoms with Crippen LogP contribution in [0, 0.1) is 13.8 Å². The average Bonchev–Trinajstić information content (AvgIpc) is 2.70. The van der Waals surface area contributed by atoms with Crippen molar-refractivity contribution in [1.29, 1.82) is 0 Å². The number of rotatable bonds is 4. The molecule has 0 saturated heterocycles. The molecule has 0 aliphatic rings. The number of nitrogens with one attached hydrogen (secondary N) is 1. The Kier molecular flexibility index (Phi) is 3.62. The van der Waals surface area contributed by atoms with Crippen LogP contribution in [0.4, 0.5) is 5.13 Å². The summed E-state index contributed by atoms with van der Waals surface area (Å²) in [6, 6.07) is 8.18. The van der Waals surface area contributed by atoms with E-state index in [1.807, 2.05) is 31.2 Å². The molecule has 0 atom stereocenters. The Hall–Kier alpha value is -1.88. The van der Waals surface area contributed by atoms with Crippen LogP contribution in [0.15, 0.2) is 24.3 Å². The molecule has 0 spiro atoms. The van der Waals surface area contributed by atoms with Crippen LogP contribution >= 0.6 is 11.3 Å². The van der Waals surface area contributed by atoms with Crippen LogP contribution < -0.4 is 5.32 Å². The number of hydrogen-bond donors (Lipinski definition) is 2. The minimum absolute atomic E-state index is 0.131. The third kappa shape index (κ3) is 2.87. The number of aromatic nitrogens is 1. The molecule has 0 radical (unpaired) electrons. The molecule has 2 aromatic rings. The molecule has 0 bridgehead atoms. The summed E-state index contributed by atoms with van der Waals surface area (Å²) >= 11 is 1.36. The Labute approximate surface area is 109 Å². The lowest BCUT2D eigenvalue weighted by molar-refractivity contribution is 0.0690. The summed E-state index contributed by atoms with van der Waals surface area (Å²) in [4.78, 5) is 15.6. The van der Waals surface area contributed by atoms with Crippen LogP contribution in [0.2, 0.25) is 0 Å². The van der Waals surface area contributed by atoms with Crippen LogP contribution in [-0.2, 0) is 6.54 Å². The number of hydrogen-bond acceptors (Lipinski definition) is 4. The summed E-state index contributed by atoms with van der Waals surface area (Å²) in [6.07, 6.45) is 0. The molecule has 94 valence electrons. The van der Waals surface area contributed by atoms with Gasteiger partial charge in [-0.15, -0.1) is 11.3 Å². The lowest BCUT2D eigenvalue weighted by atomic mass is 10.1. The molecule has 0 saturated carbocycles. The van der Waals surface area contributed by atoms with Crippen LogP contribution in [0.3, 0.4) is 0 Å². The van der Waals surface area contributed by atoms with Gasteiger partial charge in [0, 0.05) is 11.4 Å². The predicted octanol–water partition coefficient (Wildman–Crippen LogP) is 3.07. The average molecular weight is 262 g/mol. The Morgan fingerprint density at radius 3 is 2.56 bits per heavy atom. The molecule has 0 aliphatic carbocycles. The van der Waals surface area contributed by atoms with Crippen molar-refractivity contribution in [2.24, 2.45) is 0 Å². The van der Waals surface area contributed by atoms with E-state index in [4.69, 9.17) is 5.11 Å². The Bertz CT molecular complexity index is 561. The number of anilines is 1. The maximum absolute atomic E-state index is 10.9. The van der Waals surface area contributed by atoms with Gasteiger partial charge in [-0.3, -0.25) is 0 Å². The van der Waals surface area contributed by atoms with Gasteiger partial charge in [0.05, 0.1) is 0 Å². The standard InChI is InChI=1S/C13H14N2O2S/c1-8-3-5-10(6-4-8)7-14-13-15-11(12(16)17)9(2)18-13/h3-6H,7H2,1-2H3,(H,14,15)(H,16,17). The number of benzene rings is 1. The molecule has 0 amide bonds. The zero-order chi connectivity index (χ0) is 13.1. The molecule has 0 unspecified atom stereocenters. The van der Waals surface area contributed by atoms with Crippen molar-refractivity contribution in [3.8, 4) is 0 Å². The SMILES string of the molecule is Cc1ccc(CNc2nc(C(=O)O)c(C)s2)cc1. The van der Waals surface area contributed by atoms with E-state index in [0.717, 1.165) is 5.56 Å². The van der Waals surface area contributed by atoms with Crippen LogP contribution in [0.5, 0.6) is 0 Å². The fourth-order valence-electron chi connectivity index (χ4n) is 1.55. The van der Waals surface area contributed by atoms with Crippen molar-refractivity contribution in [3.63, 3.8) is 0 Å². The summed E-state index contributed by atoms with van der Waals surface area (Å²) < 4.78 is 0. The van der Waals surface area contributed by atoms with E-state index in [1.54, 1.807) is 6.92 Å². The minimum atomic E-state index is -0.980. The van der Waals surface area contributed by atoms with E-state index >= 15 is 0 Å². The number of nitrogens with zero attached hydrogens (tertiary/aromatic N) is 1. The topological polar surface area (TPSA) is 62.2 Å². The fourth-order valence-corrected chi connectivity index (χ4v) is 2.35. The number of thiazole rings is 1. The molecular weight excluding hydrogens is 248 g/mol. The van der Waals surface area contributed by atoms with E-state index in [0.29, 0.717) is 16.6 Å². The van der Waals surface area contributed by atoms with Gasteiger partial charge in [0.15, 0.2) is 10.8 Å². The maximum atomic E-state index is 10.9. The molecule has 0 aliphatic heterocycles. The highest BCUT2D eigenvalue weighted by Crippen LogP contribution is 2.22. The number of aromatic carboxylic acids is 1. The smallest absolute Gasteiger partial charge is 0.355 e. The quantitative estimate of drug-likeness (QED) is 0.889. The number of carboxylic acid groups (broad SMARTS) is 1. The normalized spacial score (nSPS) is 10.3. The van der Waals surface area contributed by atoms with E-state index in [2.05, 4.69) is 10.3 Å². The Morgan fingerprint density at radius 1 is 1.33 bits per heavy atom. The van der Waals surface area contributed by atoms with Gasteiger partial charge in [-0.2, -0.15) is 0 Å². The van der Waals surface area contributed by atoms with E-state index in [-0.39, 0.29) is 5.69 Å². The molecule has 2 N–H and O–H groups in total. The molecule has 5 heteroatoms. The van der Waals surface area contributed by atoms with Gasteiger partial charge in [-0.25, -0.2) is 9.78 Å². The first-order valence-corrected chi connectivity index (χ1v) is 6.38. The second-order valence-electron chi connectivity index (χ2n) is 4.07. The third-order valence-electron chi connectivity index (χ3n) is 2.56. The third-order valence-corrected chi connectivity index (χ3v) is 3.49. The molecule has 2 rings (SSSR count). The minimum Gasteiger partial charge on any atom is -0.476 e. The van der Waals surface area contributed by atoms with E-state index < -0.39 is 5.97 Å². The number of carboxylic acids is 1. The highest BCUT2D eigenvalue weighted by Gasteiger charge is 2.13. The number of aryl methyl sites for hydroxylation is 2. The lowest BCUT2D eigenvalue weighted by Crippen LogP contribution is -2.01. The van der Waals surface area contributed by atoms with Gasteiger partial charge < -0.3 is 10.4 Å². The summed E-state index contributed by atoms with van der Waals surface area (Å²) in [5.74, 6) is -0.980. The monoisotopic (exact) mass is 262 g/mol. The van der Waals surface area contributed by atoms with Gasteiger partial charge in [-0.05, 0) is 19.4 Å². The maximum Gasteiger partial charge on any atom is 0.355 e. The van der Waals surface area contributed by atoms with Crippen molar-refractivity contribution in [1.82, 2.24) is 4.98 Å². The molecule has 4 nitrogen and oxygen atoms in total. The first-order chi connectivity index (χ1) is 8.56. The summed E-state index contributed by atoms with van der Waals surface area (Å²) in [5.41, 5.74) is 2.49. The van der Waals surface area contributed by atoms with E-state index in [9.17, 15) is 4.79 Å². The largest absolute Gasteiger partial charge is 0.476 e. The second kappa shape index (κ2) is 5.18. The number of carbonyl (C=O) groups is 1. The molecule has 1 aromatic heterocycles. The van der Waals surface area contributed by atoms with Crippen molar-refractivity contribution in [2.45, 2.75) is 20.4 Å². The molecule has 18 heavy (non-hydrogen) atoms. The van der Waals surface area contributed by atoms with E-state index in [1.165, 1.54) is 16.9 Å². The van der Waals surface area contributed by atoms with Gasteiger partial charge in [0.25, 0.3) is 0 Å². The van der Waals surface area contributed by atoms with Crippen LogP contribution in [0.1, 0.15) is 26.5 Å². The fraction of sp³-hybridized carbons (Fsp3) is 0.231. The van der Waals surface area contributed by atoms with Crippen molar-refractivity contribution < 1.29 is 9.90 Å². The highest BCUT2D eigenvalue weighted by molar-refractivity contribution is 7.15. The van der Waals surface area contributed by atoms with Gasteiger partial charge >= 0.3 is 5.97 Å². The summed E-state index contributed by atoms with van der Waals surface area (Å²) in [5, 5.41) is 12.7.